The topological polar surface area (TPSA) is 87.2 Å². The molecular formula is C12H16FN3O3. The van der Waals surface area contributed by atoms with Crippen molar-refractivity contribution in [2.75, 3.05) is 0 Å². The fraction of sp³-hybridized carbons (Fsp3) is 0.583. The molecular weight excluding hydrogens is 253 g/mol. The Bertz CT molecular complexity index is 545. The van der Waals surface area contributed by atoms with Crippen LogP contribution in [0.25, 0.3) is 0 Å². The van der Waals surface area contributed by atoms with Crippen LogP contribution in [-0.4, -0.2) is 27.7 Å². The summed E-state index contributed by atoms with van der Waals surface area (Å²) in [6, 6.07) is 0. The Morgan fingerprint density at radius 1 is 1.63 bits per heavy atom. The molecule has 7 heteroatoms. The van der Waals surface area contributed by atoms with Crippen LogP contribution in [0.5, 0.6) is 0 Å². The predicted molar refractivity (Wildman–Crippen MR) is 65.3 cm³/mol. The average Bonchev–Trinajstić information content (AvgIpc) is 2.66. The minimum Gasteiger partial charge on any atom is -0.364 e. The van der Waals surface area contributed by atoms with Gasteiger partial charge in [-0.1, -0.05) is 13.8 Å². The van der Waals surface area contributed by atoms with Gasteiger partial charge in [-0.3, -0.25) is 14.2 Å². The highest BCUT2D eigenvalue weighted by atomic mass is 19.1. The number of rotatable bonds is 3. The number of aromatic nitrogens is 2. The molecule has 0 spiro atoms. The van der Waals surface area contributed by atoms with E-state index >= 15 is 0 Å². The Balaban J connectivity index is 2.41. The van der Waals surface area contributed by atoms with Crippen molar-refractivity contribution in [3.63, 3.8) is 0 Å². The zero-order valence-electron chi connectivity index (χ0n) is 10.7. The Morgan fingerprint density at radius 3 is 2.84 bits per heavy atom. The van der Waals surface area contributed by atoms with Gasteiger partial charge in [-0.15, -0.1) is 0 Å². The van der Waals surface area contributed by atoms with E-state index in [-0.39, 0.29) is 12.0 Å². The maximum Gasteiger partial charge on any atom is 0.284 e. The summed E-state index contributed by atoms with van der Waals surface area (Å²) in [5.74, 6) is -1.25. The van der Waals surface area contributed by atoms with Gasteiger partial charge in [0.15, 0.2) is 18.1 Å². The molecule has 1 aromatic rings. The molecule has 19 heavy (non-hydrogen) atoms. The summed E-state index contributed by atoms with van der Waals surface area (Å²) in [4.78, 5) is 26.7. The summed E-state index contributed by atoms with van der Waals surface area (Å²) >= 11 is 0. The number of amides is 1. The molecule has 1 amide bonds. The highest BCUT2D eigenvalue weighted by Gasteiger charge is 2.42. The Kier molecular flexibility index (Phi) is 3.66. The Labute approximate surface area is 109 Å². The third-order valence-electron chi connectivity index (χ3n) is 3.45. The summed E-state index contributed by atoms with van der Waals surface area (Å²) in [7, 11) is 0. The first kappa shape index (κ1) is 13.7. The highest BCUT2D eigenvalue weighted by Crippen LogP contribution is 2.36. The van der Waals surface area contributed by atoms with Crippen molar-refractivity contribution in [2.24, 2.45) is 11.7 Å². The smallest absolute Gasteiger partial charge is 0.284 e. The van der Waals surface area contributed by atoms with Crippen LogP contribution in [0, 0.1) is 5.92 Å². The third kappa shape index (κ3) is 2.25. The molecule has 2 heterocycles. The fourth-order valence-electron chi connectivity index (χ4n) is 2.32. The molecule has 4 atom stereocenters. The first-order valence-electron chi connectivity index (χ1n) is 6.13. The minimum absolute atomic E-state index is 0.253. The summed E-state index contributed by atoms with van der Waals surface area (Å²) in [5, 5.41) is 0. The van der Waals surface area contributed by atoms with E-state index in [2.05, 4.69) is 4.98 Å². The number of primary amides is 1. The number of halogens is 1. The molecule has 1 saturated heterocycles. The van der Waals surface area contributed by atoms with E-state index in [1.165, 1.54) is 12.4 Å². The lowest BCUT2D eigenvalue weighted by molar-refractivity contribution is -0.0230. The quantitative estimate of drug-likeness (QED) is 0.871. The molecule has 1 aromatic heterocycles. The molecule has 0 unspecified atom stereocenters. The van der Waals surface area contributed by atoms with Gasteiger partial charge in [0.1, 0.15) is 0 Å². The summed E-state index contributed by atoms with van der Waals surface area (Å²) in [5.41, 5.74) is 3.91. The zero-order valence-corrected chi connectivity index (χ0v) is 10.7. The maximum atomic E-state index is 14.2. The van der Waals surface area contributed by atoms with E-state index < -0.39 is 29.6 Å². The minimum atomic E-state index is -1.31. The molecule has 1 aliphatic heterocycles. The normalized spacial score (nSPS) is 30.5. The van der Waals surface area contributed by atoms with E-state index in [1.807, 2.05) is 6.92 Å². The summed E-state index contributed by atoms with van der Waals surface area (Å²) < 4.78 is 20.8. The van der Waals surface area contributed by atoms with Gasteiger partial charge >= 0.3 is 0 Å². The second kappa shape index (κ2) is 5.08. The van der Waals surface area contributed by atoms with Crippen LogP contribution in [0.1, 0.15) is 37.0 Å². The number of alkyl halides is 1. The van der Waals surface area contributed by atoms with Gasteiger partial charge in [-0.25, -0.2) is 9.37 Å². The van der Waals surface area contributed by atoms with E-state index in [4.69, 9.17) is 10.5 Å². The van der Waals surface area contributed by atoms with Crippen molar-refractivity contribution >= 4 is 5.91 Å². The number of hydrogen-bond acceptors (Lipinski definition) is 4. The van der Waals surface area contributed by atoms with Crippen LogP contribution in [0.15, 0.2) is 17.2 Å². The largest absolute Gasteiger partial charge is 0.364 e. The lowest BCUT2D eigenvalue weighted by Gasteiger charge is -2.16. The van der Waals surface area contributed by atoms with Crippen molar-refractivity contribution in [3.8, 4) is 0 Å². The van der Waals surface area contributed by atoms with Crippen LogP contribution in [-0.2, 0) is 4.74 Å². The van der Waals surface area contributed by atoms with Crippen molar-refractivity contribution in [1.29, 1.82) is 0 Å². The molecule has 0 bridgehead atoms. The molecule has 104 valence electrons. The molecule has 0 aromatic carbocycles. The van der Waals surface area contributed by atoms with Gasteiger partial charge in [-0.2, -0.15) is 0 Å². The maximum absolute atomic E-state index is 14.2. The number of ether oxygens (including phenoxy) is 1. The van der Waals surface area contributed by atoms with E-state index in [9.17, 15) is 14.0 Å². The third-order valence-corrected chi connectivity index (χ3v) is 3.45. The lowest BCUT2D eigenvalue weighted by Crippen LogP contribution is -2.35. The molecule has 1 aliphatic rings. The van der Waals surface area contributed by atoms with Crippen LogP contribution >= 0.6 is 0 Å². The Morgan fingerprint density at radius 2 is 2.32 bits per heavy atom. The first-order chi connectivity index (χ1) is 8.97. The molecule has 2 N–H and O–H groups in total. The van der Waals surface area contributed by atoms with Gasteiger partial charge in [-0.05, 0) is 6.42 Å². The molecule has 1 fully saturated rings. The number of nitrogens with two attached hydrogens (primary N) is 1. The van der Waals surface area contributed by atoms with Gasteiger partial charge in [0.05, 0.1) is 6.10 Å². The van der Waals surface area contributed by atoms with E-state index in [0.717, 1.165) is 4.57 Å². The van der Waals surface area contributed by atoms with Crippen LogP contribution < -0.4 is 11.3 Å². The second-order valence-corrected chi connectivity index (χ2v) is 4.63. The van der Waals surface area contributed by atoms with Crippen molar-refractivity contribution in [1.82, 2.24) is 9.55 Å². The van der Waals surface area contributed by atoms with Crippen LogP contribution in [0.4, 0.5) is 4.39 Å². The fourth-order valence-corrected chi connectivity index (χ4v) is 2.32. The summed E-state index contributed by atoms with van der Waals surface area (Å²) in [6.45, 7) is 3.63. The number of hydrogen-bond donors (Lipinski definition) is 1. The van der Waals surface area contributed by atoms with E-state index in [1.54, 1.807) is 6.92 Å². The highest BCUT2D eigenvalue weighted by molar-refractivity contribution is 5.90. The standard InChI is InChI=1S/C12H16FN3O3/c1-3-7-6(2)8(13)12(19-7)16-5-4-15-9(10(14)17)11(16)18/h4-8,12H,3H2,1-2H3,(H2,14,17)/t6-,7-,8-,12-/m1/s1. The second-order valence-electron chi connectivity index (χ2n) is 4.63. The van der Waals surface area contributed by atoms with Crippen LogP contribution in [0.3, 0.4) is 0 Å². The molecule has 0 saturated carbocycles. The van der Waals surface area contributed by atoms with Gasteiger partial charge in [0.2, 0.25) is 0 Å². The molecule has 2 rings (SSSR count). The average molecular weight is 269 g/mol. The van der Waals surface area contributed by atoms with Gasteiger partial charge in [0.25, 0.3) is 11.5 Å². The predicted octanol–water partition coefficient (Wildman–Crippen LogP) is 0.624. The van der Waals surface area contributed by atoms with Crippen molar-refractivity contribution in [2.45, 2.75) is 38.8 Å². The first-order valence-corrected chi connectivity index (χ1v) is 6.13. The molecule has 0 aliphatic carbocycles. The van der Waals surface area contributed by atoms with E-state index in [0.29, 0.717) is 6.42 Å². The van der Waals surface area contributed by atoms with Gasteiger partial charge in [0, 0.05) is 18.3 Å². The zero-order chi connectivity index (χ0) is 14.2. The van der Waals surface area contributed by atoms with Crippen LogP contribution in [0.2, 0.25) is 0 Å². The van der Waals surface area contributed by atoms with Crippen molar-refractivity contribution < 1.29 is 13.9 Å². The van der Waals surface area contributed by atoms with Gasteiger partial charge < -0.3 is 10.5 Å². The van der Waals surface area contributed by atoms with Crippen molar-refractivity contribution in [3.05, 3.63) is 28.4 Å². The SMILES string of the molecule is CC[C@H]1O[C@@H](n2ccnc(C(N)=O)c2=O)[C@H](F)[C@@H]1C. The monoisotopic (exact) mass is 269 g/mol. The molecule has 6 nitrogen and oxygen atoms in total. The number of nitrogens with zero attached hydrogens (tertiary/aromatic N) is 2. The molecule has 0 radical (unpaired) electrons. The lowest BCUT2D eigenvalue weighted by atomic mass is 10.00. The number of carbonyl (C=O) groups is 1. The Hall–Kier alpha value is -1.76. The summed E-state index contributed by atoms with van der Waals surface area (Å²) in [6.07, 6.45) is 0.593. The number of carbonyl (C=O) groups excluding carboxylic acids is 1.